The van der Waals surface area contributed by atoms with E-state index in [1.54, 1.807) is 36.9 Å². The molecule has 0 fully saturated rings. The van der Waals surface area contributed by atoms with Crippen molar-refractivity contribution in [2.24, 2.45) is 0 Å². The molecular formula is C8H9N9. The number of nitrogens with zero attached hydrogens (tertiary/aromatic N) is 8. The third-order valence-electron chi connectivity index (χ3n) is 1.16. The van der Waals surface area contributed by atoms with Crippen molar-refractivity contribution < 1.29 is 0 Å². The van der Waals surface area contributed by atoms with Crippen molar-refractivity contribution in [3.8, 4) is 0 Å². The van der Waals surface area contributed by atoms with E-state index in [0.29, 0.717) is 0 Å². The zero-order valence-corrected chi connectivity index (χ0v) is 8.70. The van der Waals surface area contributed by atoms with Crippen LogP contribution in [0.5, 0.6) is 0 Å². The minimum Gasteiger partial charge on any atom is -0.246 e. The fraction of sp³-hybridized carbons (Fsp3) is 0. The highest BCUT2D eigenvalue weighted by atomic mass is 15.5. The van der Waals surface area contributed by atoms with Crippen molar-refractivity contribution in [3.05, 3.63) is 49.6 Å². The second-order valence-electron chi connectivity index (χ2n) is 2.28. The predicted octanol–water partition coefficient (Wildman–Crippen LogP) is -0.452. The first-order valence-corrected chi connectivity index (χ1v) is 4.45. The van der Waals surface area contributed by atoms with E-state index in [-0.39, 0.29) is 0 Å². The predicted molar refractivity (Wildman–Crippen MR) is 56.0 cm³/mol. The molecule has 86 valence electrons. The molecule has 1 N–H and O–H groups in total. The molecule has 0 atom stereocenters. The van der Waals surface area contributed by atoms with E-state index in [1.807, 2.05) is 0 Å². The third-order valence-corrected chi connectivity index (χ3v) is 1.16. The van der Waals surface area contributed by atoms with Crippen molar-refractivity contribution in [1.29, 1.82) is 0 Å². The molecule has 3 aromatic rings. The molecule has 17 heavy (non-hydrogen) atoms. The lowest BCUT2D eigenvalue weighted by Gasteiger charge is -1.70. The van der Waals surface area contributed by atoms with Crippen molar-refractivity contribution >= 4 is 0 Å². The van der Waals surface area contributed by atoms with Gasteiger partial charge in [-0.2, -0.15) is 0 Å². The van der Waals surface area contributed by atoms with Crippen LogP contribution in [0.15, 0.2) is 49.6 Å². The summed E-state index contributed by atoms with van der Waals surface area (Å²) < 4.78 is 0. The van der Waals surface area contributed by atoms with Crippen molar-refractivity contribution in [1.82, 2.24) is 46.0 Å². The normalized spacial score (nSPS) is 8.00. The molecule has 0 radical (unpaired) electrons. The Balaban J connectivity index is 0.000000128. The van der Waals surface area contributed by atoms with Gasteiger partial charge in [0.25, 0.3) is 0 Å². The molecule has 0 aliphatic carbocycles. The van der Waals surface area contributed by atoms with Crippen molar-refractivity contribution in [3.63, 3.8) is 0 Å². The average Bonchev–Trinajstić information content (AvgIpc) is 3.03. The first kappa shape index (κ1) is 12.2. The third kappa shape index (κ3) is 8.17. The summed E-state index contributed by atoms with van der Waals surface area (Å²) in [5, 5.41) is 22.2. The highest BCUT2D eigenvalue weighted by molar-refractivity contribution is 4.74. The number of nitrogens with one attached hydrogen (secondary N) is 1. The first-order chi connectivity index (χ1) is 8.50. The maximum absolute atomic E-state index is 3.67. The highest BCUT2D eigenvalue weighted by Gasteiger charge is 1.60. The summed E-state index contributed by atoms with van der Waals surface area (Å²) in [4.78, 5) is 7.35. The number of hydrogen-bond donors (Lipinski definition) is 1. The number of rotatable bonds is 0. The van der Waals surface area contributed by atoms with Gasteiger partial charge in [-0.25, -0.2) is 15.1 Å². The van der Waals surface area contributed by atoms with Gasteiger partial charge in [0.2, 0.25) is 0 Å². The summed E-state index contributed by atoms with van der Waals surface area (Å²) >= 11 is 0. The summed E-state index contributed by atoms with van der Waals surface area (Å²) in [5.74, 6) is 0. The molecule has 0 amide bonds. The van der Waals surface area contributed by atoms with Crippen LogP contribution in [0.1, 0.15) is 0 Å². The van der Waals surface area contributed by atoms with Gasteiger partial charge >= 0.3 is 0 Å². The van der Waals surface area contributed by atoms with Crippen LogP contribution in [0.25, 0.3) is 0 Å². The summed E-state index contributed by atoms with van der Waals surface area (Å²) in [7, 11) is 0. The molecule has 3 rings (SSSR count). The van der Waals surface area contributed by atoms with Gasteiger partial charge in [-0.1, -0.05) is 0 Å². The summed E-state index contributed by atoms with van der Waals surface area (Å²) in [6.07, 6.45) is 9.43. The van der Waals surface area contributed by atoms with Crippen LogP contribution in [0.2, 0.25) is 0 Å². The molecular weight excluding hydrogens is 222 g/mol. The van der Waals surface area contributed by atoms with E-state index in [2.05, 4.69) is 46.0 Å². The topological polar surface area (TPSA) is 119 Å². The number of hydrogen-bond acceptors (Lipinski definition) is 8. The molecule has 0 unspecified atom stereocenters. The quantitative estimate of drug-likeness (QED) is 0.552. The largest absolute Gasteiger partial charge is 0.246 e. The van der Waals surface area contributed by atoms with Crippen molar-refractivity contribution in [2.45, 2.75) is 0 Å². The fourth-order valence-corrected chi connectivity index (χ4v) is 0.587. The lowest BCUT2D eigenvalue weighted by atomic mass is 10.7. The smallest absolute Gasteiger partial charge is 0.135 e. The van der Waals surface area contributed by atoms with Gasteiger partial charge in [0, 0.05) is 12.4 Å². The van der Waals surface area contributed by atoms with Crippen molar-refractivity contribution in [2.75, 3.05) is 0 Å². The Bertz CT molecular complexity index is 327. The molecule has 0 aliphatic heterocycles. The lowest BCUT2D eigenvalue weighted by Crippen LogP contribution is -1.78. The Morgan fingerprint density at radius 3 is 1.59 bits per heavy atom. The van der Waals surface area contributed by atoms with E-state index < -0.39 is 0 Å². The maximum Gasteiger partial charge on any atom is 0.135 e. The van der Waals surface area contributed by atoms with Gasteiger partial charge in [-0.3, -0.25) is 0 Å². The van der Waals surface area contributed by atoms with E-state index in [0.717, 1.165) is 0 Å². The monoisotopic (exact) mass is 231 g/mol. The summed E-state index contributed by atoms with van der Waals surface area (Å²) in [6.45, 7) is 0. The lowest BCUT2D eigenvalue weighted by molar-refractivity contribution is 0.865. The van der Waals surface area contributed by atoms with E-state index >= 15 is 0 Å². The molecule has 0 saturated carbocycles. The van der Waals surface area contributed by atoms with Crippen LogP contribution < -0.4 is 0 Å². The molecule has 3 aromatic heterocycles. The van der Waals surface area contributed by atoms with Crippen LogP contribution in [0.4, 0.5) is 0 Å². The number of tetrazole rings is 1. The van der Waals surface area contributed by atoms with Gasteiger partial charge < -0.3 is 0 Å². The SMILES string of the molecule is c1cncnc1.c1cnnnc1.c1nnn[nH]1. The molecule has 3 heterocycles. The van der Waals surface area contributed by atoms with Gasteiger partial charge in [0.15, 0.2) is 0 Å². The molecule has 0 bridgehead atoms. The van der Waals surface area contributed by atoms with Crippen LogP contribution in [-0.2, 0) is 0 Å². The highest BCUT2D eigenvalue weighted by Crippen LogP contribution is 1.66. The number of aromatic nitrogens is 9. The summed E-state index contributed by atoms with van der Waals surface area (Å²) in [5.41, 5.74) is 0. The molecule has 9 heteroatoms. The zero-order valence-electron chi connectivity index (χ0n) is 8.70. The maximum atomic E-state index is 3.67. The molecule has 0 aromatic carbocycles. The zero-order chi connectivity index (χ0) is 12.0. The number of aromatic amines is 1. The minimum atomic E-state index is 1.40. The van der Waals surface area contributed by atoms with E-state index in [9.17, 15) is 0 Å². The average molecular weight is 231 g/mol. The summed E-state index contributed by atoms with van der Waals surface area (Å²) in [6, 6.07) is 3.49. The van der Waals surface area contributed by atoms with Gasteiger partial charge in [0.1, 0.15) is 12.7 Å². The second-order valence-corrected chi connectivity index (χ2v) is 2.28. The first-order valence-electron chi connectivity index (χ1n) is 4.45. The molecule has 0 saturated heterocycles. The Morgan fingerprint density at radius 1 is 0.706 bits per heavy atom. The van der Waals surface area contributed by atoms with E-state index in [4.69, 9.17) is 0 Å². The standard InChI is InChI=1S/C4H4N2.C3H3N3.CH2N4/c1-2-5-4-6-3-1;1-2-4-6-5-3-1;1-2-4-5-3-1/h1-4H;1-3H;1H,(H,2,3,4,5). The number of H-pyrrole nitrogens is 1. The van der Waals surface area contributed by atoms with Crippen LogP contribution >= 0.6 is 0 Å². The van der Waals surface area contributed by atoms with Gasteiger partial charge in [-0.15, -0.1) is 15.3 Å². The van der Waals surface area contributed by atoms with E-state index in [1.165, 1.54) is 12.7 Å². The Kier molecular flexibility index (Phi) is 6.98. The minimum absolute atomic E-state index is 1.40. The molecule has 0 spiro atoms. The Labute approximate surface area is 96.4 Å². The molecule has 0 aliphatic rings. The van der Waals surface area contributed by atoms with Crippen LogP contribution in [0.3, 0.4) is 0 Å². The van der Waals surface area contributed by atoms with Gasteiger partial charge in [-0.05, 0) is 27.8 Å². The fourth-order valence-electron chi connectivity index (χ4n) is 0.587. The van der Waals surface area contributed by atoms with Crippen LogP contribution in [0, 0.1) is 0 Å². The van der Waals surface area contributed by atoms with Crippen LogP contribution in [-0.4, -0.2) is 46.0 Å². The Morgan fingerprint density at radius 2 is 1.41 bits per heavy atom. The second kappa shape index (κ2) is 9.71. The Hall–Kier alpha value is -2.84. The molecule has 9 nitrogen and oxygen atoms in total. The van der Waals surface area contributed by atoms with Gasteiger partial charge in [0.05, 0.1) is 12.4 Å².